The molecule has 0 bridgehead atoms. The summed E-state index contributed by atoms with van der Waals surface area (Å²) in [5.74, 6) is -0.412. The summed E-state index contributed by atoms with van der Waals surface area (Å²) in [6.45, 7) is 1.58. The number of rotatable bonds is 2. The molecule has 1 aromatic rings. The fourth-order valence-electron chi connectivity index (χ4n) is 1.84. The van der Waals surface area contributed by atoms with E-state index in [-0.39, 0.29) is 4.90 Å². The van der Waals surface area contributed by atoms with E-state index < -0.39 is 21.2 Å². The molecule has 2 rings (SSSR count). The van der Waals surface area contributed by atoms with E-state index in [4.69, 9.17) is 5.73 Å². The second-order valence-electron chi connectivity index (χ2n) is 4.53. The van der Waals surface area contributed by atoms with Gasteiger partial charge < -0.3 is 5.73 Å². The quantitative estimate of drug-likeness (QED) is 0.800. The fraction of sp³-hybridized carbons (Fsp3) is 0.455. The number of aryl methyl sites for hydroxylation is 1. The Hall–Kier alpha value is -0.940. The van der Waals surface area contributed by atoms with E-state index in [0.717, 1.165) is 6.26 Å². The number of nitrogens with two attached hydrogens (primary N) is 1. The summed E-state index contributed by atoms with van der Waals surface area (Å²) < 4.78 is 36.7. The zero-order valence-corrected chi connectivity index (χ0v) is 10.1. The fourth-order valence-corrected chi connectivity index (χ4v) is 2.81. The number of halogens is 1. The largest absolute Gasteiger partial charge is 0.321 e. The molecule has 1 aliphatic carbocycles. The Kier molecular flexibility index (Phi) is 2.36. The molecule has 0 heterocycles. The maximum atomic E-state index is 13.7. The van der Waals surface area contributed by atoms with Crippen LogP contribution in [0.5, 0.6) is 0 Å². The van der Waals surface area contributed by atoms with Crippen LogP contribution >= 0.6 is 0 Å². The van der Waals surface area contributed by atoms with Gasteiger partial charge in [0.2, 0.25) is 0 Å². The van der Waals surface area contributed by atoms with Crippen LogP contribution in [0.25, 0.3) is 0 Å². The third kappa shape index (κ3) is 1.85. The van der Waals surface area contributed by atoms with E-state index in [1.165, 1.54) is 12.1 Å². The number of sulfone groups is 1. The first kappa shape index (κ1) is 11.5. The molecule has 88 valence electrons. The molecule has 0 saturated heterocycles. The highest BCUT2D eigenvalue weighted by Crippen LogP contribution is 2.44. The zero-order valence-electron chi connectivity index (χ0n) is 9.25. The minimum absolute atomic E-state index is 0.167. The van der Waals surface area contributed by atoms with Crippen LogP contribution in [-0.2, 0) is 15.4 Å². The van der Waals surface area contributed by atoms with Crippen molar-refractivity contribution >= 4 is 9.84 Å². The summed E-state index contributed by atoms with van der Waals surface area (Å²) in [6, 6.07) is 2.63. The maximum absolute atomic E-state index is 13.7. The highest BCUT2D eigenvalue weighted by Gasteiger charge is 2.42. The van der Waals surface area contributed by atoms with E-state index in [0.29, 0.717) is 24.0 Å². The van der Waals surface area contributed by atoms with Crippen LogP contribution < -0.4 is 5.73 Å². The first-order valence-corrected chi connectivity index (χ1v) is 6.93. The lowest BCUT2D eigenvalue weighted by molar-refractivity contribution is 0.571. The third-order valence-electron chi connectivity index (χ3n) is 2.99. The van der Waals surface area contributed by atoms with Crippen molar-refractivity contribution in [3.8, 4) is 0 Å². The predicted octanol–water partition coefficient (Wildman–Crippen LogP) is 1.49. The van der Waals surface area contributed by atoms with Gasteiger partial charge in [0.05, 0.1) is 4.90 Å². The SMILES string of the molecule is Cc1cc(F)c(C2(N)CC2)cc1S(C)(=O)=O. The van der Waals surface area contributed by atoms with E-state index in [1.54, 1.807) is 6.92 Å². The van der Waals surface area contributed by atoms with Crippen molar-refractivity contribution in [3.63, 3.8) is 0 Å². The van der Waals surface area contributed by atoms with Crippen molar-refractivity contribution in [3.05, 3.63) is 29.1 Å². The van der Waals surface area contributed by atoms with Gasteiger partial charge in [0.15, 0.2) is 9.84 Å². The van der Waals surface area contributed by atoms with Gasteiger partial charge in [-0.1, -0.05) is 0 Å². The Morgan fingerprint density at radius 3 is 2.38 bits per heavy atom. The van der Waals surface area contributed by atoms with Gasteiger partial charge in [-0.05, 0) is 37.5 Å². The third-order valence-corrected chi connectivity index (χ3v) is 4.23. The van der Waals surface area contributed by atoms with Crippen LogP contribution in [-0.4, -0.2) is 14.7 Å². The highest BCUT2D eigenvalue weighted by atomic mass is 32.2. The van der Waals surface area contributed by atoms with Gasteiger partial charge >= 0.3 is 0 Å². The Morgan fingerprint density at radius 2 is 1.94 bits per heavy atom. The molecule has 0 spiro atoms. The van der Waals surface area contributed by atoms with Crippen LogP contribution in [0.3, 0.4) is 0 Å². The van der Waals surface area contributed by atoms with E-state index >= 15 is 0 Å². The molecule has 5 heteroatoms. The molecule has 1 aromatic carbocycles. The van der Waals surface area contributed by atoms with Crippen molar-refractivity contribution in [2.75, 3.05) is 6.26 Å². The summed E-state index contributed by atoms with van der Waals surface area (Å²) in [4.78, 5) is 0.167. The van der Waals surface area contributed by atoms with E-state index in [2.05, 4.69) is 0 Å². The average Bonchev–Trinajstić information content (AvgIpc) is 2.81. The Balaban J connectivity index is 2.65. The standard InChI is InChI=1S/C11H14FNO2S/c1-7-5-9(12)8(11(13)3-4-11)6-10(7)16(2,14)15/h5-6H,3-4,13H2,1-2H3. The van der Waals surface area contributed by atoms with Gasteiger partial charge in [0.25, 0.3) is 0 Å². The first-order valence-electron chi connectivity index (χ1n) is 5.04. The van der Waals surface area contributed by atoms with Gasteiger partial charge in [-0.25, -0.2) is 12.8 Å². The van der Waals surface area contributed by atoms with Gasteiger partial charge in [0.1, 0.15) is 5.82 Å². The van der Waals surface area contributed by atoms with Crippen molar-refractivity contribution in [2.24, 2.45) is 5.73 Å². The van der Waals surface area contributed by atoms with Crippen LogP contribution in [0.15, 0.2) is 17.0 Å². The predicted molar refractivity (Wildman–Crippen MR) is 59.3 cm³/mol. The molecule has 0 amide bonds. The zero-order chi connectivity index (χ0) is 12.1. The lowest BCUT2D eigenvalue weighted by Crippen LogP contribution is -2.21. The lowest BCUT2D eigenvalue weighted by atomic mass is 10.0. The molecule has 1 saturated carbocycles. The second-order valence-corrected chi connectivity index (χ2v) is 6.51. The van der Waals surface area contributed by atoms with Crippen LogP contribution in [0.2, 0.25) is 0 Å². The molecule has 0 unspecified atom stereocenters. The van der Waals surface area contributed by atoms with Crippen molar-refractivity contribution < 1.29 is 12.8 Å². The summed E-state index contributed by atoms with van der Waals surface area (Å²) >= 11 is 0. The molecule has 1 fully saturated rings. The number of benzene rings is 1. The van der Waals surface area contributed by atoms with E-state index in [9.17, 15) is 12.8 Å². The highest BCUT2D eigenvalue weighted by molar-refractivity contribution is 7.90. The molecule has 16 heavy (non-hydrogen) atoms. The van der Waals surface area contributed by atoms with Crippen molar-refractivity contribution in [2.45, 2.75) is 30.2 Å². The molecule has 0 aromatic heterocycles. The monoisotopic (exact) mass is 243 g/mol. The van der Waals surface area contributed by atoms with Gasteiger partial charge in [-0.2, -0.15) is 0 Å². The number of hydrogen-bond acceptors (Lipinski definition) is 3. The van der Waals surface area contributed by atoms with Crippen LogP contribution in [0.4, 0.5) is 4.39 Å². The molecule has 0 atom stereocenters. The smallest absolute Gasteiger partial charge is 0.175 e. The molecule has 0 aliphatic heterocycles. The minimum Gasteiger partial charge on any atom is -0.321 e. The lowest BCUT2D eigenvalue weighted by Gasteiger charge is -2.13. The average molecular weight is 243 g/mol. The van der Waals surface area contributed by atoms with Crippen molar-refractivity contribution in [1.29, 1.82) is 0 Å². The van der Waals surface area contributed by atoms with Crippen LogP contribution in [0, 0.1) is 12.7 Å². The number of hydrogen-bond donors (Lipinski definition) is 1. The second kappa shape index (κ2) is 3.28. The molecule has 3 nitrogen and oxygen atoms in total. The van der Waals surface area contributed by atoms with Gasteiger partial charge in [-0.3, -0.25) is 0 Å². The summed E-state index contributed by atoms with van der Waals surface area (Å²) in [5, 5.41) is 0. The summed E-state index contributed by atoms with van der Waals surface area (Å²) in [7, 11) is -3.33. The summed E-state index contributed by atoms with van der Waals surface area (Å²) in [5.41, 5.74) is 5.98. The normalized spacial score (nSPS) is 18.5. The van der Waals surface area contributed by atoms with Gasteiger partial charge in [-0.15, -0.1) is 0 Å². The van der Waals surface area contributed by atoms with Crippen molar-refractivity contribution in [1.82, 2.24) is 0 Å². The Labute approximate surface area is 94.4 Å². The summed E-state index contributed by atoms with van der Waals surface area (Å²) in [6.07, 6.45) is 2.53. The Morgan fingerprint density at radius 1 is 1.38 bits per heavy atom. The Bertz CT molecular complexity index is 547. The van der Waals surface area contributed by atoms with Crippen LogP contribution in [0.1, 0.15) is 24.0 Å². The molecular weight excluding hydrogens is 229 g/mol. The van der Waals surface area contributed by atoms with Gasteiger partial charge in [0, 0.05) is 17.4 Å². The van der Waals surface area contributed by atoms with E-state index in [1.807, 2.05) is 0 Å². The molecule has 2 N–H and O–H groups in total. The first-order chi connectivity index (χ1) is 7.24. The maximum Gasteiger partial charge on any atom is 0.175 e. The molecule has 1 aliphatic rings. The molecule has 0 radical (unpaired) electrons. The molecular formula is C11H14FNO2S. The minimum atomic E-state index is -3.33. The topological polar surface area (TPSA) is 60.2 Å².